The van der Waals surface area contributed by atoms with Crippen LogP contribution >= 0.6 is 11.8 Å². The molecule has 1 saturated heterocycles. The van der Waals surface area contributed by atoms with Gasteiger partial charge < -0.3 is 5.73 Å². The highest BCUT2D eigenvalue weighted by Crippen LogP contribution is 2.38. The molecule has 0 saturated carbocycles. The molecule has 13 heavy (non-hydrogen) atoms. The van der Waals surface area contributed by atoms with Crippen LogP contribution in [0.1, 0.15) is 23.9 Å². The van der Waals surface area contributed by atoms with Crippen molar-refractivity contribution in [3.8, 4) is 0 Å². The largest absolute Gasteiger partial charge is 0.329 e. The van der Waals surface area contributed by atoms with Gasteiger partial charge in [0.2, 0.25) is 0 Å². The Bertz CT molecular complexity index is 268. The predicted octanol–water partition coefficient (Wildman–Crippen LogP) is 0.200. The first-order valence-corrected chi connectivity index (χ1v) is 5.54. The minimum atomic E-state index is 0.488. The van der Waals surface area contributed by atoms with Gasteiger partial charge in [0.15, 0.2) is 5.82 Å². The Morgan fingerprint density at radius 1 is 1.62 bits per heavy atom. The Labute approximate surface area is 81.1 Å². The highest BCUT2D eigenvalue weighted by molar-refractivity contribution is 7.99. The molecule has 2 heterocycles. The van der Waals surface area contributed by atoms with Crippen molar-refractivity contribution in [2.75, 3.05) is 12.3 Å². The molecule has 1 unspecified atom stereocenters. The third kappa shape index (κ3) is 1.83. The van der Waals surface area contributed by atoms with E-state index in [4.69, 9.17) is 5.73 Å². The maximum atomic E-state index is 5.46. The zero-order chi connectivity index (χ0) is 9.10. The third-order valence-corrected chi connectivity index (χ3v) is 3.49. The summed E-state index contributed by atoms with van der Waals surface area (Å²) in [6, 6.07) is 0. The van der Waals surface area contributed by atoms with Crippen LogP contribution in [-0.4, -0.2) is 32.5 Å². The second kappa shape index (κ2) is 4.06. The lowest BCUT2D eigenvalue weighted by molar-refractivity contribution is 0.565. The lowest BCUT2D eigenvalue weighted by atomic mass is 10.2. The fourth-order valence-electron chi connectivity index (χ4n) is 1.50. The summed E-state index contributed by atoms with van der Waals surface area (Å²) in [4.78, 5) is 0. The second-order valence-corrected chi connectivity index (χ2v) is 4.36. The van der Waals surface area contributed by atoms with Crippen LogP contribution in [0.25, 0.3) is 0 Å². The van der Waals surface area contributed by atoms with Crippen LogP contribution in [0.3, 0.4) is 0 Å². The molecule has 0 spiro atoms. The molecule has 0 aliphatic carbocycles. The quantitative estimate of drug-likeness (QED) is 0.753. The number of tetrazole rings is 1. The van der Waals surface area contributed by atoms with Crippen molar-refractivity contribution in [1.29, 1.82) is 0 Å². The fourth-order valence-corrected chi connectivity index (χ4v) is 2.77. The van der Waals surface area contributed by atoms with Gasteiger partial charge in [-0.25, -0.2) is 4.68 Å². The molecule has 1 aromatic rings. The van der Waals surface area contributed by atoms with E-state index in [1.54, 1.807) is 0 Å². The Morgan fingerprint density at radius 2 is 2.54 bits per heavy atom. The van der Waals surface area contributed by atoms with Crippen molar-refractivity contribution in [2.24, 2.45) is 5.73 Å². The zero-order valence-electron chi connectivity index (χ0n) is 7.39. The molecule has 0 aromatic carbocycles. The number of rotatable bonds is 3. The van der Waals surface area contributed by atoms with Gasteiger partial charge in [-0.05, 0) is 29.0 Å². The van der Waals surface area contributed by atoms with Crippen molar-refractivity contribution in [3.05, 3.63) is 5.82 Å². The van der Waals surface area contributed by atoms with E-state index in [0.717, 1.165) is 12.4 Å². The Kier molecular flexibility index (Phi) is 2.80. The summed E-state index contributed by atoms with van der Waals surface area (Å²) in [5.74, 6) is 2.22. The van der Waals surface area contributed by atoms with Crippen LogP contribution in [0.4, 0.5) is 0 Å². The Morgan fingerprint density at radius 3 is 3.23 bits per heavy atom. The van der Waals surface area contributed by atoms with Gasteiger partial charge in [0, 0.05) is 6.54 Å². The van der Waals surface area contributed by atoms with Gasteiger partial charge in [0.1, 0.15) is 0 Å². The summed E-state index contributed by atoms with van der Waals surface area (Å²) in [5.41, 5.74) is 5.46. The van der Waals surface area contributed by atoms with Crippen LogP contribution in [0.15, 0.2) is 0 Å². The maximum absolute atomic E-state index is 5.46. The van der Waals surface area contributed by atoms with Gasteiger partial charge in [0.05, 0.1) is 11.8 Å². The maximum Gasteiger partial charge on any atom is 0.164 e. The number of nitrogens with zero attached hydrogens (tertiary/aromatic N) is 4. The number of nitrogens with two attached hydrogens (primary N) is 1. The van der Waals surface area contributed by atoms with Crippen molar-refractivity contribution < 1.29 is 0 Å². The van der Waals surface area contributed by atoms with E-state index >= 15 is 0 Å². The van der Waals surface area contributed by atoms with Crippen LogP contribution in [0.2, 0.25) is 0 Å². The lowest BCUT2D eigenvalue weighted by Gasteiger charge is -2.07. The van der Waals surface area contributed by atoms with Crippen molar-refractivity contribution in [2.45, 2.75) is 24.6 Å². The van der Waals surface area contributed by atoms with Gasteiger partial charge in [-0.2, -0.15) is 11.8 Å². The highest BCUT2D eigenvalue weighted by atomic mass is 32.2. The van der Waals surface area contributed by atoms with Gasteiger partial charge in [0.25, 0.3) is 0 Å². The lowest BCUT2D eigenvalue weighted by Crippen LogP contribution is -2.14. The van der Waals surface area contributed by atoms with E-state index in [1.165, 1.54) is 18.6 Å². The Hall–Kier alpha value is -0.620. The summed E-state index contributed by atoms with van der Waals surface area (Å²) < 4.78 is 1.82. The predicted molar refractivity (Wildman–Crippen MR) is 51.3 cm³/mol. The molecule has 0 radical (unpaired) electrons. The first-order chi connectivity index (χ1) is 6.42. The summed E-state index contributed by atoms with van der Waals surface area (Å²) in [5, 5.41) is 12.1. The molecule has 2 N–H and O–H groups in total. The Balaban J connectivity index is 2.13. The molecule has 1 aliphatic heterocycles. The third-order valence-electron chi connectivity index (χ3n) is 2.12. The molecule has 1 aromatic heterocycles. The van der Waals surface area contributed by atoms with Crippen LogP contribution < -0.4 is 5.73 Å². The summed E-state index contributed by atoms with van der Waals surface area (Å²) in [6.45, 7) is 1.31. The van der Waals surface area contributed by atoms with E-state index in [9.17, 15) is 0 Å². The van der Waals surface area contributed by atoms with Crippen LogP contribution in [-0.2, 0) is 6.54 Å². The SMILES string of the molecule is NCCn1nnnc1C1CCCS1. The van der Waals surface area contributed by atoms with Gasteiger partial charge in [-0.3, -0.25) is 0 Å². The number of hydrogen-bond donors (Lipinski definition) is 1. The molecule has 6 heteroatoms. The molecule has 2 rings (SSSR count). The number of hydrogen-bond acceptors (Lipinski definition) is 5. The van der Waals surface area contributed by atoms with Crippen molar-refractivity contribution in [1.82, 2.24) is 20.2 Å². The topological polar surface area (TPSA) is 69.6 Å². The summed E-state index contributed by atoms with van der Waals surface area (Å²) >= 11 is 1.94. The smallest absolute Gasteiger partial charge is 0.164 e. The molecule has 0 amide bonds. The molecule has 1 aliphatic rings. The van der Waals surface area contributed by atoms with Gasteiger partial charge in [-0.1, -0.05) is 0 Å². The van der Waals surface area contributed by atoms with E-state index in [2.05, 4.69) is 15.5 Å². The first kappa shape index (κ1) is 8.96. The highest BCUT2D eigenvalue weighted by Gasteiger charge is 2.23. The average molecular weight is 199 g/mol. The molecule has 0 bridgehead atoms. The van der Waals surface area contributed by atoms with E-state index < -0.39 is 0 Å². The van der Waals surface area contributed by atoms with Crippen LogP contribution in [0.5, 0.6) is 0 Å². The standard InChI is InChI=1S/C7H13N5S/c8-3-4-12-7(9-10-11-12)6-2-1-5-13-6/h6H,1-5,8H2. The van der Waals surface area contributed by atoms with Crippen molar-refractivity contribution in [3.63, 3.8) is 0 Å². The molecular weight excluding hydrogens is 186 g/mol. The first-order valence-electron chi connectivity index (χ1n) is 4.49. The minimum Gasteiger partial charge on any atom is -0.329 e. The average Bonchev–Trinajstić information content (AvgIpc) is 2.71. The van der Waals surface area contributed by atoms with Crippen LogP contribution in [0, 0.1) is 0 Å². The second-order valence-electron chi connectivity index (χ2n) is 3.05. The van der Waals surface area contributed by atoms with E-state index in [0.29, 0.717) is 11.8 Å². The van der Waals surface area contributed by atoms with E-state index in [1.807, 2.05) is 16.4 Å². The molecular formula is C7H13N5S. The number of aromatic nitrogens is 4. The summed E-state index contributed by atoms with van der Waals surface area (Å²) in [7, 11) is 0. The molecule has 72 valence electrons. The summed E-state index contributed by atoms with van der Waals surface area (Å²) in [6.07, 6.45) is 2.46. The van der Waals surface area contributed by atoms with Gasteiger partial charge >= 0.3 is 0 Å². The zero-order valence-corrected chi connectivity index (χ0v) is 8.20. The monoisotopic (exact) mass is 199 g/mol. The van der Waals surface area contributed by atoms with Gasteiger partial charge in [-0.15, -0.1) is 5.10 Å². The number of thioether (sulfide) groups is 1. The normalized spacial score (nSPS) is 22.4. The molecule has 1 atom stereocenters. The molecule has 5 nitrogen and oxygen atoms in total. The van der Waals surface area contributed by atoms with E-state index in [-0.39, 0.29) is 0 Å². The minimum absolute atomic E-state index is 0.488. The van der Waals surface area contributed by atoms with Crippen molar-refractivity contribution >= 4 is 11.8 Å². The fraction of sp³-hybridized carbons (Fsp3) is 0.857. The molecule has 1 fully saturated rings.